The highest BCUT2D eigenvalue weighted by Crippen LogP contribution is 2.19. The summed E-state index contributed by atoms with van der Waals surface area (Å²) >= 11 is 1.47. The van der Waals surface area contributed by atoms with Crippen LogP contribution in [0.1, 0.15) is 24.2 Å². The molecule has 0 aromatic carbocycles. The molecule has 1 aliphatic rings. The predicted molar refractivity (Wildman–Crippen MR) is 83.3 cm³/mol. The molecule has 114 valence electrons. The first-order valence-electron chi connectivity index (χ1n) is 7.11. The molecule has 0 spiro atoms. The van der Waals surface area contributed by atoms with Crippen LogP contribution in [-0.4, -0.2) is 59.0 Å². The number of pyridine rings is 1. The molecule has 1 saturated heterocycles. The number of carbonyl (C=O) groups is 2. The average Bonchev–Trinajstić information content (AvgIpc) is 2.53. The van der Waals surface area contributed by atoms with Crippen molar-refractivity contribution in [2.75, 3.05) is 32.4 Å². The lowest BCUT2D eigenvalue weighted by atomic mass is 10.1. The van der Waals surface area contributed by atoms with Gasteiger partial charge in [-0.2, -0.15) is 0 Å². The maximum Gasteiger partial charge on any atom is 0.256 e. The Morgan fingerprint density at radius 1 is 1.19 bits per heavy atom. The summed E-state index contributed by atoms with van der Waals surface area (Å²) in [5.41, 5.74) is 0.647. The minimum absolute atomic E-state index is 0.00379. The molecule has 2 amide bonds. The highest BCUT2D eigenvalue weighted by atomic mass is 32.2. The Morgan fingerprint density at radius 2 is 1.81 bits per heavy atom. The van der Waals surface area contributed by atoms with Gasteiger partial charge in [0.2, 0.25) is 5.91 Å². The molecule has 0 N–H and O–H groups in total. The Morgan fingerprint density at radius 3 is 2.38 bits per heavy atom. The van der Waals surface area contributed by atoms with E-state index in [1.807, 2.05) is 31.1 Å². The summed E-state index contributed by atoms with van der Waals surface area (Å²) in [6.07, 6.45) is 3.61. The molecule has 6 heteroatoms. The number of hydrogen-bond donors (Lipinski definition) is 0. The first-order valence-corrected chi connectivity index (χ1v) is 8.34. The van der Waals surface area contributed by atoms with Crippen LogP contribution in [-0.2, 0) is 4.79 Å². The molecule has 5 nitrogen and oxygen atoms in total. The van der Waals surface area contributed by atoms with E-state index in [0.717, 1.165) is 5.03 Å². The second-order valence-electron chi connectivity index (χ2n) is 5.33. The zero-order valence-electron chi connectivity index (χ0n) is 12.7. The number of hydrogen-bond acceptors (Lipinski definition) is 4. The molecule has 0 bridgehead atoms. The van der Waals surface area contributed by atoms with E-state index in [0.29, 0.717) is 31.7 Å². The standard InChI is InChI=1S/C15H21N3O2S/c1-11(2)14(19)17-7-9-18(10-8-17)15(20)12-5-4-6-16-13(12)21-3/h4-6,11H,7-10H2,1-3H3. The van der Waals surface area contributed by atoms with Crippen molar-refractivity contribution in [3.05, 3.63) is 23.9 Å². The Balaban J connectivity index is 2.02. The number of amides is 2. The van der Waals surface area contributed by atoms with Crippen LogP contribution in [0, 0.1) is 5.92 Å². The second-order valence-corrected chi connectivity index (χ2v) is 6.13. The predicted octanol–water partition coefficient (Wildman–Crippen LogP) is 1.74. The zero-order chi connectivity index (χ0) is 15.4. The van der Waals surface area contributed by atoms with E-state index >= 15 is 0 Å². The van der Waals surface area contributed by atoms with E-state index in [1.165, 1.54) is 11.8 Å². The fourth-order valence-electron chi connectivity index (χ4n) is 2.38. The third-order valence-corrected chi connectivity index (χ3v) is 4.28. The minimum atomic E-state index is 0.00379. The topological polar surface area (TPSA) is 53.5 Å². The van der Waals surface area contributed by atoms with Crippen LogP contribution in [0.2, 0.25) is 0 Å². The third kappa shape index (κ3) is 3.56. The van der Waals surface area contributed by atoms with Gasteiger partial charge in [0.1, 0.15) is 5.03 Å². The van der Waals surface area contributed by atoms with E-state index in [2.05, 4.69) is 4.98 Å². The highest BCUT2D eigenvalue weighted by molar-refractivity contribution is 7.98. The normalized spacial score (nSPS) is 15.4. The number of nitrogens with zero attached hydrogens (tertiary/aromatic N) is 3. The second kappa shape index (κ2) is 6.93. The molecule has 1 aromatic heterocycles. The molecule has 1 fully saturated rings. The molecule has 21 heavy (non-hydrogen) atoms. The Hall–Kier alpha value is -1.56. The largest absolute Gasteiger partial charge is 0.339 e. The lowest BCUT2D eigenvalue weighted by molar-refractivity contribution is -0.135. The van der Waals surface area contributed by atoms with E-state index in [1.54, 1.807) is 17.2 Å². The molecule has 0 saturated carbocycles. The molecule has 2 heterocycles. The Kier molecular flexibility index (Phi) is 5.22. The smallest absolute Gasteiger partial charge is 0.256 e. The van der Waals surface area contributed by atoms with Gasteiger partial charge in [-0.05, 0) is 18.4 Å². The monoisotopic (exact) mass is 307 g/mol. The van der Waals surface area contributed by atoms with Gasteiger partial charge in [-0.15, -0.1) is 11.8 Å². The fraction of sp³-hybridized carbons (Fsp3) is 0.533. The molecule has 0 unspecified atom stereocenters. The lowest BCUT2D eigenvalue weighted by Gasteiger charge is -2.35. The number of piperazine rings is 1. The Labute approximate surface area is 129 Å². The van der Waals surface area contributed by atoms with Gasteiger partial charge in [-0.1, -0.05) is 13.8 Å². The molecule has 0 radical (unpaired) electrons. The molecular weight excluding hydrogens is 286 g/mol. The van der Waals surface area contributed by atoms with E-state index in [4.69, 9.17) is 0 Å². The van der Waals surface area contributed by atoms with Crippen LogP contribution in [0.3, 0.4) is 0 Å². The number of rotatable bonds is 3. The van der Waals surface area contributed by atoms with E-state index in [-0.39, 0.29) is 17.7 Å². The minimum Gasteiger partial charge on any atom is -0.339 e. The van der Waals surface area contributed by atoms with Crippen LogP contribution in [0.4, 0.5) is 0 Å². The summed E-state index contributed by atoms with van der Waals surface area (Å²) in [5.74, 6) is 0.172. The Bertz CT molecular complexity index is 525. The van der Waals surface area contributed by atoms with Crippen molar-refractivity contribution in [2.24, 2.45) is 5.92 Å². The van der Waals surface area contributed by atoms with Crippen LogP contribution < -0.4 is 0 Å². The van der Waals surface area contributed by atoms with Crippen molar-refractivity contribution in [1.82, 2.24) is 14.8 Å². The van der Waals surface area contributed by atoms with Crippen LogP contribution in [0.15, 0.2) is 23.4 Å². The van der Waals surface area contributed by atoms with Gasteiger partial charge in [0.15, 0.2) is 0 Å². The van der Waals surface area contributed by atoms with Gasteiger partial charge in [-0.3, -0.25) is 9.59 Å². The van der Waals surface area contributed by atoms with Gasteiger partial charge in [0.05, 0.1) is 5.56 Å². The van der Waals surface area contributed by atoms with Crippen molar-refractivity contribution in [1.29, 1.82) is 0 Å². The number of thioether (sulfide) groups is 1. The van der Waals surface area contributed by atoms with Gasteiger partial charge in [-0.25, -0.2) is 4.98 Å². The van der Waals surface area contributed by atoms with Crippen molar-refractivity contribution < 1.29 is 9.59 Å². The van der Waals surface area contributed by atoms with Crippen LogP contribution in [0.5, 0.6) is 0 Å². The van der Waals surface area contributed by atoms with Crippen molar-refractivity contribution in [3.8, 4) is 0 Å². The van der Waals surface area contributed by atoms with Gasteiger partial charge in [0.25, 0.3) is 5.91 Å². The van der Waals surface area contributed by atoms with Gasteiger partial charge < -0.3 is 9.80 Å². The maximum atomic E-state index is 12.6. The molecule has 2 rings (SSSR count). The van der Waals surface area contributed by atoms with Crippen molar-refractivity contribution in [3.63, 3.8) is 0 Å². The summed E-state index contributed by atoms with van der Waals surface area (Å²) in [4.78, 5) is 32.4. The zero-order valence-corrected chi connectivity index (χ0v) is 13.5. The maximum absolute atomic E-state index is 12.6. The average molecular weight is 307 g/mol. The highest BCUT2D eigenvalue weighted by Gasteiger charge is 2.27. The summed E-state index contributed by atoms with van der Waals surface area (Å²) in [6, 6.07) is 3.60. The van der Waals surface area contributed by atoms with E-state index in [9.17, 15) is 9.59 Å². The summed E-state index contributed by atoms with van der Waals surface area (Å²) in [5, 5.41) is 0.753. The van der Waals surface area contributed by atoms with Crippen LogP contribution in [0.25, 0.3) is 0 Å². The first kappa shape index (κ1) is 15.8. The third-order valence-electron chi connectivity index (χ3n) is 3.57. The molecule has 0 aliphatic carbocycles. The van der Waals surface area contributed by atoms with Gasteiger partial charge >= 0.3 is 0 Å². The van der Waals surface area contributed by atoms with Gasteiger partial charge in [0, 0.05) is 38.3 Å². The van der Waals surface area contributed by atoms with Crippen molar-refractivity contribution >= 4 is 23.6 Å². The molecular formula is C15H21N3O2S. The summed E-state index contributed by atoms with van der Waals surface area (Å²) in [7, 11) is 0. The fourth-order valence-corrected chi connectivity index (χ4v) is 2.92. The van der Waals surface area contributed by atoms with Crippen molar-refractivity contribution in [2.45, 2.75) is 18.9 Å². The molecule has 1 aliphatic heterocycles. The number of carbonyl (C=O) groups excluding carboxylic acids is 2. The SMILES string of the molecule is CSc1ncccc1C(=O)N1CCN(C(=O)C(C)C)CC1. The van der Waals surface area contributed by atoms with E-state index < -0.39 is 0 Å². The number of aromatic nitrogens is 1. The molecule has 0 atom stereocenters. The lowest BCUT2D eigenvalue weighted by Crippen LogP contribution is -2.51. The molecule has 1 aromatic rings. The van der Waals surface area contributed by atoms with Crippen LogP contribution >= 0.6 is 11.8 Å². The summed E-state index contributed by atoms with van der Waals surface area (Å²) in [6.45, 7) is 6.19. The summed E-state index contributed by atoms with van der Waals surface area (Å²) < 4.78 is 0. The quantitative estimate of drug-likeness (QED) is 0.798. The first-order chi connectivity index (χ1) is 10.0.